The second-order valence-corrected chi connectivity index (χ2v) is 29.0. The van der Waals surface area contributed by atoms with Crippen LogP contribution >= 0.6 is 21.6 Å². The van der Waals surface area contributed by atoms with Gasteiger partial charge in [0.25, 0.3) is 0 Å². The van der Waals surface area contributed by atoms with Gasteiger partial charge in [-0.1, -0.05) is 193 Å². The van der Waals surface area contributed by atoms with E-state index in [9.17, 15) is 54.0 Å². The van der Waals surface area contributed by atoms with Crippen molar-refractivity contribution in [2.75, 3.05) is 24.7 Å². The normalized spacial score (nSPS) is 23.6. The highest BCUT2D eigenvalue weighted by Gasteiger charge is 2.39. The average Bonchev–Trinajstić information content (AvgIpc) is 0.831. The minimum absolute atomic E-state index is 0.0308. The molecule has 10 amide bonds. The zero-order valence-electron chi connectivity index (χ0n) is 59.5. The SMILES string of the molecule is CC(C)NCc1ccc(C[C@@H]2NC(=O)[C@@H](Cc3ccc4ccccc4c3)NC(=O)[C@H](Cc3ccccc3)NC(=O)[C@H](Cc3ccccc3)NC(=O)[C@H](CCCCN)NC(=O)[C@@H](N)CSSC[C@@H](C(=O)O)NC(=O)[C@H](CO)NC(=O)[C@H]([C@@H](C)O)NC(=O)[C@H](Cc3ccccc3)NC(=O)[C@H]([C@@H](C)O)NC2=O)cc1. The first-order chi connectivity index (χ1) is 50.8. The van der Waals surface area contributed by atoms with Crippen molar-refractivity contribution < 1.29 is 73.2 Å². The van der Waals surface area contributed by atoms with Gasteiger partial charge in [-0.3, -0.25) is 47.9 Å². The maximum absolute atomic E-state index is 15.5. The van der Waals surface area contributed by atoms with Crippen LogP contribution in [0.25, 0.3) is 10.8 Å². The summed E-state index contributed by atoms with van der Waals surface area (Å²) in [5.74, 6) is -11.9. The summed E-state index contributed by atoms with van der Waals surface area (Å²) in [6, 6.07) is 28.2. The van der Waals surface area contributed by atoms with E-state index in [1.54, 1.807) is 109 Å². The second kappa shape index (κ2) is 42.4. The van der Waals surface area contributed by atoms with Crippen LogP contribution < -0.4 is 70.0 Å². The largest absolute Gasteiger partial charge is 0.480 e. The number of nitrogens with two attached hydrogens (primary N) is 2. The highest BCUT2D eigenvalue weighted by Crippen LogP contribution is 2.24. The Morgan fingerprint density at radius 2 is 0.783 bits per heavy atom. The van der Waals surface area contributed by atoms with Gasteiger partial charge in [0.05, 0.1) is 24.9 Å². The summed E-state index contributed by atoms with van der Waals surface area (Å²) in [7, 11) is 1.84. The fourth-order valence-corrected chi connectivity index (χ4v) is 13.8. The molecule has 1 aliphatic heterocycles. The third kappa shape index (κ3) is 26.7. The number of aliphatic carboxylic acids is 1. The lowest BCUT2D eigenvalue weighted by atomic mass is 9.98. The Morgan fingerprint density at radius 3 is 1.22 bits per heavy atom. The number of benzene rings is 6. The Morgan fingerprint density at radius 1 is 0.425 bits per heavy atom. The van der Waals surface area contributed by atoms with Crippen molar-refractivity contribution in [1.29, 1.82) is 0 Å². The molecule has 28 nitrogen and oxygen atoms in total. The van der Waals surface area contributed by atoms with Crippen LogP contribution in [0.5, 0.6) is 0 Å². The Kier molecular flexibility index (Phi) is 33.4. The number of carboxylic acids is 1. The molecule has 1 saturated heterocycles. The van der Waals surface area contributed by atoms with Crippen molar-refractivity contribution in [1.82, 2.24) is 58.5 Å². The second-order valence-electron chi connectivity index (χ2n) is 26.4. The monoisotopic (exact) mass is 1500 g/mol. The van der Waals surface area contributed by atoms with Crippen LogP contribution in [0.4, 0.5) is 0 Å². The van der Waals surface area contributed by atoms with E-state index in [1.807, 2.05) is 62.4 Å². The van der Waals surface area contributed by atoms with Gasteiger partial charge in [-0.15, -0.1) is 0 Å². The standard InChI is InChI=1S/C76H97N13O15S2/c1-44(2)79-40-51-29-27-50(28-30-51)38-59-71(98)88-64(45(3)91)74(101)85-60(37-49-22-12-7-13-23-49)72(99)89-65(46(4)92)75(102)86-62(41-90)73(100)87-63(76(103)104)43-106-105-42-55(78)66(93)80-56(26-16-17-33-77)67(94)81-57(35-47-18-8-5-9-19-47)68(95)82-58(36-48-20-10-6-11-21-48)69(96)84-61(70(97)83-59)39-52-31-32-53-24-14-15-25-54(53)34-52/h5-15,18-25,27-32,34,44-46,55-65,79,90-92H,16-17,26,33,35-43,77-78H2,1-4H3,(H,80,93)(H,81,94)(H,82,95)(H,83,97)(H,84,96)(H,85,101)(H,86,102)(H,87,100)(H,88,98)(H,89,99)(H,103,104)/t45-,46-,55+,56+,57+,58+,59+,60+,61-,62+,63+,64+,65+/m1/s1. The summed E-state index contributed by atoms with van der Waals surface area (Å²) in [5, 5.41) is 74.1. The van der Waals surface area contributed by atoms with Gasteiger partial charge in [-0.25, -0.2) is 4.79 Å². The van der Waals surface area contributed by atoms with Gasteiger partial charge in [0, 0.05) is 56.2 Å². The number of hydrogen-bond acceptors (Lipinski definition) is 19. The number of rotatable bonds is 21. The molecule has 0 spiro atoms. The third-order valence-corrected chi connectivity index (χ3v) is 19.9. The molecule has 1 fully saturated rings. The fourth-order valence-electron chi connectivity index (χ4n) is 11.5. The molecule has 0 bridgehead atoms. The highest BCUT2D eigenvalue weighted by molar-refractivity contribution is 8.76. The van der Waals surface area contributed by atoms with Crippen LogP contribution in [0, 0.1) is 0 Å². The molecule has 0 unspecified atom stereocenters. The smallest absolute Gasteiger partial charge is 0.327 e. The van der Waals surface area contributed by atoms with Crippen molar-refractivity contribution in [3.05, 3.63) is 191 Å². The van der Waals surface area contributed by atoms with E-state index in [1.165, 1.54) is 6.92 Å². The van der Waals surface area contributed by atoms with Gasteiger partial charge in [0.1, 0.15) is 60.4 Å². The molecule has 19 N–H and O–H groups in total. The third-order valence-electron chi connectivity index (χ3n) is 17.5. The number of aliphatic hydroxyl groups excluding tert-OH is 3. The molecule has 106 heavy (non-hydrogen) atoms. The van der Waals surface area contributed by atoms with Crippen molar-refractivity contribution >= 4 is 97.4 Å². The van der Waals surface area contributed by atoms with Crippen LogP contribution in [0.3, 0.4) is 0 Å². The molecule has 6 aromatic carbocycles. The molecule has 0 saturated carbocycles. The minimum Gasteiger partial charge on any atom is -0.480 e. The molecule has 7 rings (SSSR count). The fraction of sp³-hybridized carbons (Fsp3) is 0.408. The van der Waals surface area contributed by atoms with Crippen molar-refractivity contribution in [3.63, 3.8) is 0 Å². The number of nitrogens with one attached hydrogen (secondary N) is 11. The maximum atomic E-state index is 15.5. The molecule has 0 aliphatic carbocycles. The van der Waals surface area contributed by atoms with Crippen LogP contribution in [-0.2, 0) is 91.4 Å². The van der Waals surface area contributed by atoms with Gasteiger partial charge < -0.3 is 90.4 Å². The molecular formula is C76H97N13O15S2. The van der Waals surface area contributed by atoms with Gasteiger partial charge in [0.15, 0.2) is 0 Å². The Bertz CT molecular complexity index is 3920. The topological polar surface area (TPSA) is 453 Å². The quantitative estimate of drug-likeness (QED) is 0.0342. The van der Waals surface area contributed by atoms with E-state index in [-0.39, 0.29) is 62.6 Å². The summed E-state index contributed by atoms with van der Waals surface area (Å²) < 4.78 is 0. The Hall–Kier alpha value is -9.79. The van der Waals surface area contributed by atoms with Gasteiger partial charge in [0.2, 0.25) is 59.1 Å². The van der Waals surface area contributed by atoms with E-state index in [0.29, 0.717) is 47.2 Å². The zero-order chi connectivity index (χ0) is 76.8. The summed E-state index contributed by atoms with van der Waals surface area (Å²) in [5.41, 5.74) is 15.9. The van der Waals surface area contributed by atoms with E-state index in [4.69, 9.17) is 11.5 Å². The number of amides is 10. The molecular weight excluding hydrogens is 1400 g/mol. The van der Waals surface area contributed by atoms with Gasteiger partial charge >= 0.3 is 5.97 Å². The number of carbonyl (C=O) groups excluding carboxylic acids is 10. The molecule has 30 heteroatoms. The van der Waals surface area contributed by atoms with Crippen LogP contribution in [-0.4, -0.2) is 195 Å². The van der Waals surface area contributed by atoms with Crippen LogP contribution in [0.1, 0.15) is 80.3 Å². The number of carbonyl (C=O) groups is 11. The van der Waals surface area contributed by atoms with Crippen LogP contribution in [0.15, 0.2) is 158 Å². The van der Waals surface area contributed by atoms with E-state index < -0.39 is 150 Å². The summed E-state index contributed by atoms with van der Waals surface area (Å²) in [4.78, 5) is 160. The highest BCUT2D eigenvalue weighted by atomic mass is 33.1. The summed E-state index contributed by atoms with van der Waals surface area (Å²) in [6.45, 7) is 5.93. The summed E-state index contributed by atoms with van der Waals surface area (Å²) >= 11 is 0. The lowest BCUT2D eigenvalue weighted by molar-refractivity contribution is -0.142. The minimum atomic E-state index is -1.91. The van der Waals surface area contributed by atoms with E-state index >= 15 is 19.2 Å². The average molecular weight is 1500 g/mol. The van der Waals surface area contributed by atoms with Crippen molar-refractivity contribution in [3.8, 4) is 0 Å². The molecule has 568 valence electrons. The Balaban J connectivity index is 1.32. The number of unbranched alkanes of at least 4 members (excludes halogenated alkanes) is 1. The van der Waals surface area contributed by atoms with Crippen molar-refractivity contribution in [2.45, 2.75) is 170 Å². The lowest BCUT2D eigenvalue weighted by Crippen LogP contribution is -2.63. The van der Waals surface area contributed by atoms with Crippen LogP contribution in [0.2, 0.25) is 0 Å². The molecule has 0 aromatic heterocycles. The van der Waals surface area contributed by atoms with Gasteiger partial charge in [-0.05, 0) is 83.8 Å². The number of aliphatic hydroxyl groups is 3. The molecule has 6 aromatic rings. The van der Waals surface area contributed by atoms with E-state index in [2.05, 4.69) is 58.5 Å². The summed E-state index contributed by atoms with van der Waals surface area (Å²) in [6.07, 6.45) is -3.66. The number of hydrogen-bond donors (Lipinski definition) is 17. The first-order valence-corrected chi connectivity index (χ1v) is 37.6. The predicted molar refractivity (Wildman–Crippen MR) is 403 cm³/mol. The molecule has 1 heterocycles. The first kappa shape index (κ1) is 83.5. The van der Waals surface area contributed by atoms with Crippen molar-refractivity contribution in [2.24, 2.45) is 11.5 Å². The zero-order valence-corrected chi connectivity index (χ0v) is 61.2. The molecule has 0 radical (unpaired) electrons. The molecule has 13 atom stereocenters. The first-order valence-electron chi connectivity index (χ1n) is 35.1. The van der Waals surface area contributed by atoms with Gasteiger partial charge in [-0.2, -0.15) is 0 Å². The lowest BCUT2D eigenvalue weighted by Gasteiger charge is -2.29. The predicted octanol–water partition coefficient (Wildman–Crippen LogP) is 0.389. The number of carboxylic acid groups (broad SMARTS) is 1. The Labute approximate surface area is 623 Å². The van der Waals surface area contributed by atoms with E-state index in [0.717, 1.165) is 44.8 Å². The maximum Gasteiger partial charge on any atom is 0.327 e. The number of fused-ring (bicyclic) bond motifs is 1. The molecule has 1 aliphatic rings.